The van der Waals surface area contributed by atoms with Crippen molar-refractivity contribution in [3.63, 3.8) is 0 Å². The quantitative estimate of drug-likeness (QED) is 0.232. The van der Waals surface area contributed by atoms with Crippen molar-refractivity contribution in [1.82, 2.24) is 0 Å². The Hall–Kier alpha value is 0.274. The predicted molar refractivity (Wildman–Crippen MR) is 147 cm³/mol. The zero-order valence-electron chi connectivity index (χ0n) is 24.1. The van der Waals surface area contributed by atoms with Crippen LogP contribution in [0.3, 0.4) is 0 Å². The van der Waals surface area contributed by atoms with Gasteiger partial charge in [-0.1, -0.05) is 41.0 Å². The lowest BCUT2D eigenvalue weighted by Gasteiger charge is -2.48. The van der Waals surface area contributed by atoms with Crippen molar-refractivity contribution in [2.24, 2.45) is 23.2 Å². The fourth-order valence-corrected chi connectivity index (χ4v) is 9.51. The van der Waals surface area contributed by atoms with Crippen LogP contribution >= 0.6 is 0 Å². The standard InChI is InChI=1S/C28H56O4Si2/c1-21(23-15-16-24-25(32-33(6,7)8)12-11-17-27(23,24)5)13-14-22(18-28(19-29)20-30-28)31-34(9,10)26(2,3)4/h21-25,29H,11-20H2,1-10H3/t21-,22?,23-,24+,25-,27-,28-/m1/s1. The Balaban J connectivity index is 1.66. The van der Waals surface area contributed by atoms with Crippen LogP contribution < -0.4 is 0 Å². The van der Waals surface area contributed by atoms with Gasteiger partial charge in [0.1, 0.15) is 5.60 Å². The molecule has 0 aromatic carbocycles. The average Bonchev–Trinajstić information content (AvgIpc) is 3.36. The molecule has 4 nitrogen and oxygen atoms in total. The number of hydrogen-bond acceptors (Lipinski definition) is 4. The molecule has 0 radical (unpaired) electrons. The number of fused-ring (bicyclic) bond motifs is 1. The summed E-state index contributed by atoms with van der Waals surface area (Å²) in [5.74, 6) is 2.21. The Morgan fingerprint density at radius 2 is 1.71 bits per heavy atom. The van der Waals surface area contributed by atoms with E-state index in [9.17, 15) is 5.11 Å². The molecule has 34 heavy (non-hydrogen) atoms. The molecular weight excluding hydrogens is 456 g/mol. The van der Waals surface area contributed by atoms with Crippen LogP contribution in [0, 0.1) is 23.2 Å². The first-order chi connectivity index (χ1) is 15.5. The van der Waals surface area contributed by atoms with Crippen LogP contribution in [0.1, 0.15) is 86.0 Å². The van der Waals surface area contributed by atoms with Crippen LogP contribution in [-0.4, -0.2) is 52.8 Å². The summed E-state index contributed by atoms with van der Waals surface area (Å²) in [5, 5.41) is 10.1. The molecule has 0 aromatic heterocycles. The van der Waals surface area contributed by atoms with Crippen molar-refractivity contribution in [2.75, 3.05) is 13.2 Å². The van der Waals surface area contributed by atoms with Crippen LogP contribution in [0.2, 0.25) is 37.8 Å². The van der Waals surface area contributed by atoms with Gasteiger partial charge in [0.15, 0.2) is 16.6 Å². The van der Waals surface area contributed by atoms with E-state index in [4.69, 9.17) is 13.6 Å². The van der Waals surface area contributed by atoms with E-state index in [-0.39, 0.29) is 23.4 Å². The first-order valence-corrected chi connectivity index (χ1v) is 20.4. The molecule has 1 aliphatic heterocycles. The maximum absolute atomic E-state index is 9.90. The van der Waals surface area contributed by atoms with E-state index in [2.05, 4.69) is 67.4 Å². The summed E-state index contributed by atoms with van der Waals surface area (Å²) in [6, 6.07) is 0. The Morgan fingerprint density at radius 1 is 1.06 bits per heavy atom. The second kappa shape index (κ2) is 10.2. The van der Waals surface area contributed by atoms with Crippen molar-refractivity contribution in [2.45, 2.75) is 142 Å². The number of aliphatic hydroxyl groups is 1. The SMILES string of the molecule is C[C@H](CCC(C[C@@]1(CO)CO1)O[Si](C)(C)C(C)(C)C)[C@H]1CC[C@H]2[C@H](O[Si](C)(C)C)CCC[C@]12C. The molecule has 2 aliphatic carbocycles. The lowest BCUT2D eigenvalue weighted by molar-refractivity contribution is -0.0200. The van der Waals surface area contributed by atoms with Gasteiger partial charge in [-0.25, -0.2) is 0 Å². The molecule has 1 unspecified atom stereocenters. The maximum Gasteiger partial charge on any atom is 0.192 e. The highest BCUT2D eigenvalue weighted by molar-refractivity contribution is 6.74. The van der Waals surface area contributed by atoms with Crippen LogP contribution in [0.4, 0.5) is 0 Å². The lowest BCUT2D eigenvalue weighted by atomic mass is 9.61. The monoisotopic (exact) mass is 512 g/mol. The van der Waals surface area contributed by atoms with Crippen LogP contribution in [-0.2, 0) is 13.6 Å². The molecule has 0 amide bonds. The molecule has 3 aliphatic rings. The Morgan fingerprint density at radius 3 is 2.24 bits per heavy atom. The number of ether oxygens (including phenoxy) is 1. The summed E-state index contributed by atoms with van der Waals surface area (Å²) in [5.41, 5.74) is 0.0785. The molecule has 7 atom stereocenters. The third kappa shape index (κ3) is 6.58. The Bertz CT molecular complexity index is 679. The average molecular weight is 513 g/mol. The van der Waals surface area contributed by atoms with Crippen LogP contribution in [0.5, 0.6) is 0 Å². The number of aliphatic hydroxyl groups excluding tert-OH is 1. The van der Waals surface area contributed by atoms with E-state index in [1.807, 2.05) is 0 Å². The highest BCUT2D eigenvalue weighted by Crippen LogP contribution is 2.59. The second-order valence-corrected chi connectivity index (χ2v) is 24.1. The highest BCUT2D eigenvalue weighted by atomic mass is 28.4. The number of epoxide rings is 1. The van der Waals surface area contributed by atoms with Gasteiger partial charge in [0.25, 0.3) is 0 Å². The topological polar surface area (TPSA) is 51.2 Å². The highest BCUT2D eigenvalue weighted by Gasteiger charge is 2.54. The minimum absolute atomic E-state index is 0.112. The minimum Gasteiger partial charge on any atom is -0.414 e. The first-order valence-electron chi connectivity index (χ1n) is 14.1. The molecular formula is C28H56O4Si2. The smallest absolute Gasteiger partial charge is 0.192 e. The maximum atomic E-state index is 9.90. The van der Waals surface area contributed by atoms with Crippen LogP contribution in [0.25, 0.3) is 0 Å². The molecule has 1 N–H and O–H groups in total. The fraction of sp³-hybridized carbons (Fsp3) is 1.00. The first kappa shape index (κ1) is 28.8. The van der Waals surface area contributed by atoms with E-state index in [1.165, 1.54) is 38.5 Å². The zero-order chi connectivity index (χ0) is 25.6. The van der Waals surface area contributed by atoms with Crippen molar-refractivity contribution in [1.29, 1.82) is 0 Å². The van der Waals surface area contributed by atoms with E-state index < -0.39 is 16.6 Å². The van der Waals surface area contributed by atoms with Gasteiger partial charge in [-0.05, 0) is 99.5 Å². The largest absolute Gasteiger partial charge is 0.414 e. The van der Waals surface area contributed by atoms with Gasteiger partial charge in [-0.15, -0.1) is 0 Å². The van der Waals surface area contributed by atoms with Crippen LogP contribution in [0.15, 0.2) is 0 Å². The summed E-state index contributed by atoms with van der Waals surface area (Å²) in [4.78, 5) is 0. The van der Waals surface area contributed by atoms with Gasteiger partial charge in [-0.2, -0.15) is 0 Å². The predicted octanol–water partition coefficient (Wildman–Crippen LogP) is 7.38. The molecule has 0 bridgehead atoms. The summed E-state index contributed by atoms with van der Waals surface area (Å²) in [6.45, 7) is 24.6. The molecule has 1 saturated heterocycles. The van der Waals surface area contributed by atoms with E-state index in [1.54, 1.807) is 0 Å². The van der Waals surface area contributed by atoms with E-state index in [0.29, 0.717) is 24.0 Å². The molecule has 3 rings (SSSR count). The Labute approximate surface area is 213 Å². The number of hydrogen-bond donors (Lipinski definition) is 1. The third-order valence-electron chi connectivity index (χ3n) is 9.98. The third-order valence-corrected chi connectivity index (χ3v) is 15.5. The van der Waals surface area contributed by atoms with Crippen molar-refractivity contribution >= 4 is 16.6 Å². The van der Waals surface area contributed by atoms with E-state index in [0.717, 1.165) is 24.7 Å². The zero-order valence-corrected chi connectivity index (χ0v) is 26.1. The summed E-state index contributed by atoms with van der Waals surface area (Å²) < 4.78 is 19.4. The van der Waals surface area contributed by atoms with Crippen molar-refractivity contribution in [3.8, 4) is 0 Å². The fourth-order valence-electron chi connectivity index (χ4n) is 6.93. The molecule has 0 aromatic rings. The molecule has 6 heteroatoms. The summed E-state index contributed by atoms with van der Waals surface area (Å²) >= 11 is 0. The van der Waals surface area contributed by atoms with Gasteiger partial charge < -0.3 is 18.7 Å². The molecule has 200 valence electrons. The summed E-state index contributed by atoms with van der Waals surface area (Å²) in [6.07, 6.45) is 10.4. The van der Waals surface area contributed by atoms with Crippen molar-refractivity contribution in [3.05, 3.63) is 0 Å². The van der Waals surface area contributed by atoms with Gasteiger partial charge in [-0.3, -0.25) is 0 Å². The van der Waals surface area contributed by atoms with Gasteiger partial charge in [0.2, 0.25) is 0 Å². The minimum atomic E-state index is -1.88. The Kier molecular flexibility index (Phi) is 8.66. The van der Waals surface area contributed by atoms with Gasteiger partial charge in [0.05, 0.1) is 13.2 Å². The lowest BCUT2D eigenvalue weighted by Crippen LogP contribution is -2.46. The second-order valence-electron chi connectivity index (χ2n) is 14.8. The number of rotatable bonds is 11. The molecule has 3 fully saturated rings. The van der Waals surface area contributed by atoms with E-state index >= 15 is 0 Å². The molecule has 2 saturated carbocycles. The van der Waals surface area contributed by atoms with Gasteiger partial charge in [0, 0.05) is 18.6 Å². The van der Waals surface area contributed by atoms with Gasteiger partial charge >= 0.3 is 0 Å². The molecule has 1 heterocycles. The van der Waals surface area contributed by atoms with Crippen molar-refractivity contribution < 1.29 is 18.7 Å². The normalized spacial score (nSPS) is 36.3. The summed E-state index contributed by atoms with van der Waals surface area (Å²) in [7, 11) is -3.40. The molecule has 0 spiro atoms.